The van der Waals surface area contributed by atoms with Crippen LogP contribution in [0.2, 0.25) is 5.02 Å². The lowest BCUT2D eigenvalue weighted by Gasteiger charge is -2.14. The predicted molar refractivity (Wildman–Crippen MR) is 73.3 cm³/mol. The summed E-state index contributed by atoms with van der Waals surface area (Å²) in [5.41, 5.74) is 0.719. The highest BCUT2D eigenvalue weighted by atomic mass is 35.5. The Morgan fingerprint density at radius 3 is 3.00 bits per heavy atom. The second kappa shape index (κ2) is 6.32. The van der Waals surface area contributed by atoms with Crippen LogP contribution in [0.4, 0.5) is 5.69 Å². The second-order valence-corrected chi connectivity index (χ2v) is 5.22. The normalized spacial score (nSPS) is 22.6. The van der Waals surface area contributed by atoms with E-state index in [1.807, 2.05) is 0 Å². The molecule has 0 spiro atoms. The summed E-state index contributed by atoms with van der Waals surface area (Å²) in [7, 11) is 0. The zero-order valence-corrected chi connectivity index (χ0v) is 11.5. The van der Waals surface area contributed by atoms with Crippen molar-refractivity contribution in [3.05, 3.63) is 38.9 Å². The fraction of sp³-hybridized carbons (Fsp3) is 0.538. The van der Waals surface area contributed by atoms with Gasteiger partial charge in [0.25, 0.3) is 5.69 Å². The summed E-state index contributed by atoms with van der Waals surface area (Å²) in [5.74, 6) is 0.471. The number of hydrogen-bond donors (Lipinski definition) is 1. The number of ether oxygens (including phenoxy) is 1. The van der Waals surface area contributed by atoms with Crippen LogP contribution in [0.3, 0.4) is 0 Å². The Morgan fingerprint density at radius 1 is 1.58 bits per heavy atom. The minimum atomic E-state index is -0.380. The molecule has 0 radical (unpaired) electrons. The Hall–Kier alpha value is -1.17. The molecule has 1 aliphatic rings. The number of nitrogens with zero attached hydrogens (tertiary/aromatic N) is 1. The van der Waals surface area contributed by atoms with Gasteiger partial charge in [-0.25, -0.2) is 0 Å². The number of nitro benzene ring substituents is 1. The molecule has 0 amide bonds. The molecular weight excluding hydrogens is 268 g/mol. The van der Waals surface area contributed by atoms with Crippen molar-refractivity contribution in [2.75, 3.05) is 13.2 Å². The molecule has 0 bridgehead atoms. The van der Waals surface area contributed by atoms with Gasteiger partial charge >= 0.3 is 0 Å². The van der Waals surface area contributed by atoms with Crippen molar-refractivity contribution in [2.45, 2.75) is 26.0 Å². The molecule has 1 N–H and O–H groups in total. The number of benzene rings is 1. The summed E-state index contributed by atoms with van der Waals surface area (Å²) in [5, 5.41) is 14.7. The summed E-state index contributed by atoms with van der Waals surface area (Å²) in [6, 6.07) is 4.62. The molecule has 2 atom stereocenters. The minimum absolute atomic E-state index is 0.104. The maximum atomic E-state index is 10.9. The smallest absolute Gasteiger partial charge is 0.273 e. The van der Waals surface area contributed by atoms with Gasteiger partial charge in [-0.3, -0.25) is 10.1 Å². The molecule has 0 saturated carbocycles. The molecule has 1 aromatic rings. The van der Waals surface area contributed by atoms with E-state index in [1.165, 1.54) is 12.1 Å². The Labute approximate surface area is 117 Å². The van der Waals surface area contributed by atoms with E-state index in [1.54, 1.807) is 6.07 Å². The van der Waals surface area contributed by atoms with Gasteiger partial charge < -0.3 is 10.1 Å². The summed E-state index contributed by atoms with van der Waals surface area (Å²) in [4.78, 5) is 10.5. The third-order valence-corrected chi connectivity index (χ3v) is 3.73. The summed E-state index contributed by atoms with van der Waals surface area (Å²) in [6.07, 6.45) is 1.29. The van der Waals surface area contributed by atoms with Crippen LogP contribution >= 0.6 is 11.6 Å². The first-order valence-electron chi connectivity index (χ1n) is 6.33. The lowest BCUT2D eigenvalue weighted by atomic mass is 10.0. The molecule has 6 heteroatoms. The Kier molecular flexibility index (Phi) is 4.74. The van der Waals surface area contributed by atoms with E-state index in [0.29, 0.717) is 23.0 Å². The number of hydrogen-bond acceptors (Lipinski definition) is 4. The largest absolute Gasteiger partial charge is 0.378 e. The molecule has 1 aliphatic heterocycles. The number of nitro groups is 1. The molecule has 0 aliphatic carbocycles. The van der Waals surface area contributed by atoms with Crippen molar-refractivity contribution in [1.29, 1.82) is 0 Å². The second-order valence-electron chi connectivity index (χ2n) is 4.79. The van der Waals surface area contributed by atoms with Crippen LogP contribution in [0, 0.1) is 16.0 Å². The van der Waals surface area contributed by atoms with E-state index in [0.717, 1.165) is 19.6 Å². The third-order valence-electron chi connectivity index (χ3n) is 3.49. The first-order valence-corrected chi connectivity index (χ1v) is 6.71. The van der Waals surface area contributed by atoms with Gasteiger partial charge in [0, 0.05) is 36.3 Å². The van der Waals surface area contributed by atoms with Crippen LogP contribution < -0.4 is 5.32 Å². The number of rotatable bonds is 5. The molecule has 1 heterocycles. The van der Waals surface area contributed by atoms with Gasteiger partial charge in [0.05, 0.1) is 11.0 Å². The standard InChI is InChI=1S/C13H17ClN2O3/c1-9-10(4-5-19-9)7-15-8-11-6-12(14)2-3-13(11)16(17)18/h2-3,6,9-10,15H,4-5,7-8H2,1H3. The van der Waals surface area contributed by atoms with Crippen molar-refractivity contribution >= 4 is 17.3 Å². The van der Waals surface area contributed by atoms with Crippen molar-refractivity contribution in [3.8, 4) is 0 Å². The van der Waals surface area contributed by atoms with Crippen LogP contribution in [0.15, 0.2) is 18.2 Å². The monoisotopic (exact) mass is 284 g/mol. The summed E-state index contributed by atoms with van der Waals surface area (Å²) >= 11 is 5.88. The predicted octanol–water partition coefficient (Wildman–Crippen LogP) is 2.76. The van der Waals surface area contributed by atoms with Gasteiger partial charge in [-0.2, -0.15) is 0 Å². The quantitative estimate of drug-likeness (QED) is 0.667. The van der Waals surface area contributed by atoms with E-state index in [9.17, 15) is 10.1 Å². The van der Waals surface area contributed by atoms with Crippen LogP contribution in [-0.4, -0.2) is 24.2 Å². The van der Waals surface area contributed by atoms with Crippen LogP contribution in [0.25, 0.3) is 0 Å². The lowest BCUT2D eigenvalue weighted by molar-refractivity contribution is -0.385. The highest BCUT2D eigenvalue weighted by Gasteiger charge is 2.23. The zero-order valence-electron chi connectivity index (χ0n) is 10.8. The molecule has 0 aromatic heterocycles. The highest BCUT2D eigenvalue weighted by molar-refractivity contribution is 6.30. The van der Waals surface area contributed by atoms with E-state index in [4.69, 9.17) is 16.3 Å². The van der Waals surface area contributed by atoms with Gasteiger partial charge in [-0.05, 0) is 31.4 Å². The van der Waals surface area contributed by atoms with Crippen LogP contribution in [0.5, 0.6) is 0 Å². The first-order chi connectivity index (χ1) is 9.08. The molecule has 1 fully saturated rings. The molecule has 1 saturated heterocycles. The zero-order chi connectivity index (χ0) is 13.8. The van der Waals surface area contributed by atoms with Crippen LogP contribution in [0.1, 0.15) is 18.9 Å². The molecule has 104 valence electrons. The van der Waals surface area contributed by atoms with Gasteiger partial charge in [-0.1, -0.05) is 11.6 Å². The van der Waals surface area contributed by atoms with E-state index in [-0.39, 0.29) is 16.7 Å². The summed E-state index contributed by atoms with van der Waals surface area (Å²) < 4.78 is 5.48. The molecule has 1 aromatic carbocycles. The highest BCUT2D eigenvalue weighted by Crippen LogP contribution is 2.23. The van der Waals surface area contributed by atoms with Crippen molar-refractivity contribution < 1.29 is 9.66 Å². The van der Waals surface area contributed by atoms with E-state index in [2.05, 4.69) is 12.2 Å². The van der Waals surface area contributed by atoms with Crippen molar-refractivity contribution in [3.63, 3.8) is 0 Å². The molecule has 19 heavy (non-hydrogen) atoms. The van der Waals surface area contributed by atoms with Crippen LogP contribution in [-0.2, 0) is 11.3 Å². The van der Waals surface area contributed by atoms with Gasteiger partial charge in [-0.15, -0.1) is 0 Å². The first kappa shape index (κ1) is 14.2. The van der Waals surface area contributed by atoms with Crippen molar-refractivity contribution in [2.24, 2.45) is 5.92 Å². The number of nitrogens with one attached hydrogen (secondary N) is 1. The fourth-order valence-corrected chi connectivity index (χ4v) is 2.50. The SMILES string of the molecule is CC1OCCC1CNCc1cc(Cl)ccc1[N+](=O)[O-]. The third kappa shape index (κ3) is 3.65. The lowest BCUT2D eigenvalue weighted by Crippen LogP contribution is -2.26. The summed E-state index contributed by atoms with van der Waals surface area (Å²) in [6.45, 7) is 4.09. The molecule has 2 rings (SSSR count). The minimum Gasteiger partial charge on any atom is -0.378 e. The Balaban J connectivity index is 1.95. The Morgan fingerprint density at radius 2 is 2.37 bits per heavy atom. The molecular formula is C13H17ClN2O3. The maximum Gasteiger partial charge on any atom is 0.273 e. The molecule has 2 unspecified atom stereocenters. The molecule has 5 nitrogen and oxygen atoms in total. The average Bonchev–Trinajstić information content (AvgIpc) is 2.75. The van der Waals surface area contributed by atoms with E-state index < -0.39 is 0 Å². The van der Waals surface area contributed by atoms with Gasteiger partial charge in [0.1, 0.15) is 0 Å². The van der Waals surface area contributed by atoms with Gasteiger partial charge in [0.15, 0.2) is 0 Å². The topological polar surface area (TPSA) is 64.4 Å². The Bertz CT molecular complexity index is 467. The average molecular weight is 285 g/mol. The van der Waals surface area contributed by atoms with E-state index >= 15 is 0 Å². The number of halogens is 1. The van der Waals surface area contributed by atoms with Gasteiger partial charge in [0.2, 0.25) is 0 Å². The van der Waals surface area contributed by atoms with Crippen molar-refractivity contribution in [1.82, 2.24) is 5.32 Å². The fourth-order valence-electron chi connectivity index (χ4n) is 2.31. The maximum absolute atomic E-state index is 10.9.